The summed E-state index contributed by atoms with van der Waals surface area (Å²) in [5.74, 6) is 1.14. The molecule has 0 aliphatic carbocycles. The minimum absolute atomic E-state index is 0.196. The largest absolute Gasteiger partial charge is 0.497 e. The average molecular weight is 440 g/mol. The van der Waals surface area contributed by atoms with Gasteiger partial charge in [-0.15, -0.1) is 0 Å². The Labute approximate surface area is 185 Å². The maximum atomic E-state index is 14.5. The third-order valence-corrected chi connectivity index (χ3v) is 5.19. The van der Waals surface area contributed by atoms with Crippen molar-refractivity contribution in [3.63, 3.8) is 0 Å². The summed E-state index contributed by atoms with van der Waals surface area (Å²) in [5.41, 5.74) is 1.78. The number of hydrogen-bond donors (Lipinski definition) is 1. The maximum Gasteiger partial charge on any atom is 0.226 e. The molecule has 1 aromatic heterocycles. The van der Waals surface area contributed by atoms with Gasteiger partial charge < -0.3 is 24.2 Å². The molecular weight excluding hydrogens is 415 g/mol. The molecule has 1 fully saturated rings. The van der Waals surface area contributed by atoms with Gasteiger partial charge in [-0.2, -0.15) is 4.98 Å². The second-order valence-corrected chi connectivity index (χ2v) is 7.41. The molecule has 0 atom stereocenters. The number of ether oxygens (including phenoxy) is 2. The SMILES string of the molecule is COc1ccc(-c2noc(CCCC(=O)Nc3ccc(N4CCOCC4)c(F)c3)n2)cc1. The molecule has 0 saturated carbocycles. The molecule has 8 nitrogen and oxygen atoms in total. The van der Waals surface area contributed by atoms with Gasteiger partial charge in [0.05, 0.1) is 26.0 Å². The Morgan fingerprint density at radius 2 is 1.97 bits per heavy atom. The second kappa shape index (κ2) is 10.2. The zero-order valence-electron chi connectivity index (χ0n) is 17.8. The number of amides is 1. The number of carbonyl (C=O) groups is 1. The number of morpholine rings is 1. The lowest BCUT2D eigenvalue weighted by molar-refractivity contribution is -0.116. The monoisotopic (exact) mass is 440 g/mol. The summed E-state index contributed by atoms with van der Waals surface area (Å²) in [4.78, 5) is 18.6. The first-order valence-corrected chi connectivity index (χ1v) is 10.5. The third kappa shape index (κ3) is 5.42. The summed E-state index contributed by atoms with van der Waals surface area (Å²) in [6.07, 6.45) is 1.26. The van der Waals surface area contributed by atoms with Crippen molar-refractivity contribution >= 4 is 17.3 Å². The van der Waals surface area contributed by atoms with Crippen LogP contribution in [-0.4, -0.2) is 49.5 Å². The molecule has 0 bridgehead atoms. The fourth-order valence-corrected chi connectivity index (χ4v) is 3.48. The lowest BCUT2D eigenvalue weighted by atomic mass is 10.2. The predicted molar refractivity (Wildman–Crippen MR) is 117 cm³/mol. The van der Waals surface area contributed by atoms with Gasteiger partial charge in [0.25, 0.3) is 0 Å². The molecule has 2 heterocycles. The number of rotatable bonds is 8. The number of nitrogens with one attached hydrogen (secondary N) is 1. The van der Waals surface area contributed by atoms with Crippen molar-refractivity contribution in [3.05, 3.63) is 54.2 Å². The smallest absolute Gasteiger partial charge is 0.226 e. The van der Waals surface area contributed by atoms with E-state index in [4.69, 9.17) is 14.0 Å². The van der Waals surface area contributed by atoms with Gasteiger partial charge in [-0.1, -0.05) is 5.16 Å². The third-order valence-electron chi connectivity index (χ3n) is 5.19. The van der Waals surface area contributed by atoms with Gasteiger partial charge in [0.2, 0.25) is 17.6 Å². The van der Waals surface area contributed by atoms with Crippen molar-refractivity contribution in [1.29, 1.82) is 0 Å². The lowest BCUT2D eigenvalue weighted by Gasteiger charge is -2.29. The summed E-state index contributed by atoms with van der Waals surface area (Å²) >= 11 is 0. The van der Waals surface area contributed by atoms with E-state index in [2.05, 4.69) is 15.5 Å². The van der Waals surface area contributed by atoms with Crippen LogP contribution in [0.4, 0.5) is 15.8 Å². The van der Waals surface area contributed by atoms with Gasteiger partial charge in [0, 0.05) is 37.2 Å². The first kappa shape index (κ1) is 21.8. The molecule has 0 radical (unpaired) electrons. The average Bonchev–Trinajstić information content (AvgIpc) is 3.29. The zero-order valence-corrected chi connectivity index (χ0v) is 17.8. The number of anilines is 2. The Kier molecular flexibility index (Phi) is 6.96. The van der Waals surface area contributed by atoms with E-state index in [1.165, 1.54) is 6.07 Å². The summed E-state index contributed by atoms with van der Waals surface area (Å²) in [5, 5.41) is 6.72. The van der Waals surface area contributed by atoms with Crippen LogP contribution >= 0.6 is 0 Å². The number of benzene rings is 2. The maximum absolute atomic E-state index is 14.5. The zero-order chi connectivity index (χ0) is 22.3. The Balaban J connectivity index is 1.25. The summed E-state index contributed by atoms with van der Waals surface area (Å²) in [6, 6.07) is 12.1. The van der Waals surface area contributed by atoms with E-state index in [0.717, 1.165) is 11.3 Å². The molecule has 1 aliphatic rings. The van der Waals surface area contributed by atoms with Gasteiger partial charge in [-0.25, -0.2) is 4.39 Å². The van der Waals surface area contributed by atoms with Gasteiger partial charge in [0.1, 0.15) is 11.6 Å². The molecule has 1 aliphatic heterocycles. The van der Waals surface area contributed by atoms with E-state index in [1.807, 2.05) is 29.2 Å². The fraction of sp³-hybridized carbons (Fsp3) is 0.348. The van der Waals surface area contributed by atoms with Crippen LogP contribution in [0.1, 0.15) is 18.7 Å². The van der Waals surface area contributed by atoms with Gasteiger partial charge in [-0.3, -0.25) is 4.79 Å². The number of halogens is 1. The van der Waals surface area contributed by atoms with E-state index in [0.29, 0.717) is 62.2 Å². The van der Waals surface area contributed by atoms with Crippen molar-refractivity contribution in [3.8, 4) is 17.1 Å². The molecular formula is C23H25FN4O4. The molecule has 32 heavy (non-hydrogen) atoms. The first-order chi connectivity index (χ1) is 15.6. The van der Waals surface area contributed by atoms with Crippen LogP contribution in [0.3, 0.4) is 0 Å². The number of nitrogens with zero attached hydrogens (tertiary/aromatic N) is 3. The van der Waals surface area contributed by atoms with E-state index >= 15 is 0 Å². The van der Waals surface area contributed by atoms with Crippen LogP contribution < -0.4 is 15.0 Å². The van der Waals surface area contributed by atoms with Crippen LogP contribution in [0.25, 0.3) is 11.4 Å². The molecule has 1 N–H and O–H groups in total. The first-order valence-electron chi connectivity index (χ1n) is 10.5. The van der Waals surface area contributed by atoms with Gasteiger partial charge in [0.15, 0.2) is 0 Å². The Bertz CT molecular complexity index is 1050. The van der Waals surface area contributed by atoms with Crippen molar-refractivity contribution in [2.75, 3.05) is 43.6 Å². The van der Waals surface area contributed by atoms with Crippen LogP contribution in [0.15, 0.2) is 47.0 Å². The number of carbonyl (C=O) groups excluding carboxylic acids is 1. The van der Waals surface area contributed by atoms with Crippen LogP contribution in [0, 0.1) is 5.82 Å². The minimum Gasteiger partial charge on any atom is -0.497 e. The van der Waals surface area contributed by atoms with E-state index in [9.17, 15) is 9.18 Å². The summed E-state index contributed by atoms with van der Waals surface area (Å²) in [7, 11) is 1.61. The lowest BCUT2D eigenvalue weighted by Crippen LogP contribution is -2.36. The highest BCUT2D eigenvalue weighted by atomic mass is 19.1. The molecule has 9 heteroatoms. The fourth-order valence-electron chi connectivity index (χ4n) is 3.48. The van der Waals surface area contributed by atoms with Gasteiger partial charge >= 0.3 is 0 Å². The quantitative estimate of drug-likeness (QED) is 0.571. The summed E-state index contributed by atoms with van der Waals surface area (Å²) in [6.45, 7) is 2.47. The highest BCUT2D eigenvalue weighted by molar-refractivity contribution is 5.90. The number of aromatic nitrogens is 2. The molecule has 1 amide bonds. The van der Waals surface area contributed by atoms with Crippen LogP contribution in [0.5, 0.6) is 5.75 Å². The van der Waals surface area contributed by atoms with Crippen molar-refractivity contribution in [2.45, 2.75) is 19.3 Å². The summed E-state index contributed by atoms with van der Waals surface area (Å²) < 4.78 is 30.2. The molecule has 3 aromatic rings. The normalized spacial score (nSPS) is 13.8. The second-order valence-electron chi connectivity index (χ2n) is 7.41. The minimum atomic E-state index is -0.360. The van der Waals surface area contributed by atoms with E-state index in [1.54, 1.807) is 19.2 Å². The Morgan fingerprint density at radius 3 is 2.69 bits per heavy atom. The molecule has 0 spiro atoms. The Hall–Kier alpha value is -3.46. The molecule has 2 aromatic carbocycles. The number of methoxy groups -OCH3 is 1. The van der Waals surface area contributed by atoms with Crippen LogP contribution in [0.2, 0.25) is 0 Å². The van der Waals surface area contributed by atoms with Crippen molar-refractivity contribution in [2.24, 2.45) is 0 Å². The molecule has 0 unspecified atom stereocenters. The number of hydrogen-bond acceptors (Lipinski definition) is 7. The standard InChI is InChI=1S/C23H25FN4O4/c1-30-18-8-5-16(6-9-18)23-26-22(32-27-23)4-2-3-21(29)25-17-7-10-20(19(24)15-17)28-11-13-31-14-12-28/h5-10,15H,2-4,11-14H2,1H3,(H,25,29). The van der Waals surface area contributed by atoms with Crippen molar-refractivity contribution < 1.29 is 23.2 Å². The highest BCUT2D eigenvalue weighted by Gasteiger charge is 2.16. The van der Waals surface area contributed by atoms with Gasteiger partial charge in [-0.05, 0) is 48.9 Å². The predicted octanol–water partition coefficient (Wildman–Crippen LogP) is 3.68. The topological polar surface area (TPSA) is 89.7 Å². The Morgan fingerprint density at radius 1 is 1.19 bits per heavy atom. The van der Waals surface area contributed by atoms with E-state index in [-0.39, 0.29) is 18.1 Å². The highest BCUT2D eigenvalue weighted by Crippen LogP contribution is 2.24. The number of aryl methyl sites for hydroxylation is 1. The van der Waals surface area contributed by atoms with Crippen LogP contribution in [-0.2, 0) is 16.0 Å². The van der Waals surface area contributed by atoms with E-state index < -0.39 is 0 Å². The molecule has 1 saturated heterocycles. The molecule has 4 rings (SSSR count). The molecule has 168 valence electrons. The van der Waals surface area contributed by atoms with Crippen molar-refractivity contribution in [1.82, 2.24) is 10.1 Å².